The van der Waals surface area contributed by atoms with Crippen molar-refractivity contribution in [1.82, 2.24) is 4.57 Å². The summed E-state index contributed by atoms with van der Waals surface area (Å²) in [5, 5.41) is 11.0. The molecule has 3 rings (SSSR count). The normalized spacial score (nSPS) is 12.0. The number of carbonyl (C=O) groups excluding carboxylic acids is 2. The average molecular weight is 444 g/mol. The molecule has 3 aromatic rings. The minimum atomic E-state index is -0.855. The van der Waals surface area contributed by atoms with E-state index in [1.807, 2.05) is 30.5 Å². The molecule has 0 spiro atoms. The number of ether oxygens (including phenoxy) is 2. The lowest BCUT2D eigenvalue weighted by molar-refractivity contribution is -0.143. The molecule has 6 nitrogen and oxygen atoms in total. The second kappa shape index (κ2) is 9.43. The van der Waals surface area contributed by atoms with Gasteiger partial charge >= 0.3 is 11.9 Å². The topological polar surface area (TPSA) is 77.8 Å². The number of hydrogen-bond acceptors (Lipinski definition) is 5. The summed E-state index contributed by atoms with van der Waals surface area (Å²) < 4.78 is 12.7. The van der Waals surface area contributed by atoms with Crippen LogP contribution in [-0.2, 0) is 20.8 Å². The van der Waals surface area contributed by atoms with Crippen LogP contribution in [0.1, 0.15) is 53.9 Å². The Morgan fingerprint density at radius 2 is 1.81 bits per heavy atom. The molecule has 7 heteroatoms. The number of aromatic hydroxyl groups is 1. The molecule has 0 aliphatic heterocycles. The van der Waals surface area contributed by atoms with Gasteiger partial charge in [0.15, 0.2) is 0 Å². The number of halogens is 1. The molecule has 0 aliphatic carbocycles. The van der Waals surface area contributed by atoms with Gasteiger partial charge in [0.2, 0.25) is 0 Å². The highest BCUT2D eigenvalue weighted by atomic mass is 35.5. The van der Waals surface area contributed by atoms with Crippen molar-refractivity contribution in [2.45, 2.75) is 40.2 Å². The lowest BCUT2D eigenvalue weighted by Gasteiger charge is -2.19. The Labute approximate surface area is 186 Å². The van der Waals surface area contributed by atoms with E-state index in [1.165, 1.54) is 12.1 Å². The van der Waals surface area contributed by atoms with Gasteiger partial charge in [0.1, 0.15) is 11.7 Å². The lowest BCUT2D eigenvalue weighted by atomic mass is 9.87. The van der Waals surface area contributed by atoms with Gasteiger partial charge in [-0.05, 0) is 57.0 Å². The first-order valence-electron chi connectivity index (χ1n) is 10.3. The quantitative estimate of drug-likeness (QED) is 0.508. The van der Waals surface area contributed by atoms with Crippen LogP contribution in [-0.4, -0.2) is 34.8 Å². The van der Waals surface area contributed by atoms with E-state index in [4.69, 9.17) is 21.1 Å². The second-order valence-corrected chi connectivity index (χ2v) is 7.47. The maximum Gasteiger partial charge on any atom is 0.340 e. The van der Waals surface area contributed by atoms with E-state index in [0.29, 0.717) is 28.6 Å². The minimum absolute atomic E-state index is 0.131. The molecule has 31 heavy (non-hydrogen) atoms. The number of rotatable bonds is 7. The number of benzene rings is 2. The fourth-order valence-corrected chi connectivity index (χ4v) is 4.15. The van der Waals surface area contributed by atoms with Crippen LogP contribution < -0.4 is 0 Å². The van der Waals surface area contributed by atoms with Crippen LogP contribution in [0.5, 0.6) is 5.75 Å². The zero-order chi connectivity index (χ0) is 22.7. The van der Waals surface area contributed by atoms with Gasteiger partial charge in [-0.2, -0.15) is 0 Å². The Bertz CT molecular complexity index is 1130. The van der Waals surface area contributed by atoms with Crippen LogP contribution in [0.15, 0.2) is 36.4 Å². The van der Waals surface area contributed by atoms with Crippen LogP contribution in [0.2, 0.25) is 5.02 Å². The predicted octanol–water partition coefficient (Wildman–Crippen LogP) is 5.20. The molecule has 1 atom stereocenters. The van der Waals surface area contributed by atoms with Gasteiger partial charge in [0.05, 0.1) is 23.8 Å². The Balaban J connectivity index is 2.36. The lowest BCUT2D eigenvalue weighted by Crippen LogP contribution is -2.18. The number of hydrogen-bond donors (Lipinski definition) is 1. The van der Waals surface area contributed by atoms with E-state index in [1.54, 1.807) is 26.0 Å². The molecule has 1 aromatic heterocycles. The van der Waals surface area contributed by atoms with Crippen molar-refractivity contribution in [3.05, 3.63) is 63.8 Å². The molecule has 0 bridgehead atoms. The van der Waals surface area contributed by atoms with Crippen LogP contribution in [0.3, 0.4) is 0 Å². The Hall–Kier alpha value is -2.99. The molecule has 1 N–H and O–H groups in total. The molecular weight excluding hydrogens is 418 g/mol. The van der Waals surface area contributed by atoms with Crippen molar-refractivity contribution in [3.63, 3.8) is 0 Å². The summed E-state index contributed by atoms with van der Waals surface area (Å²) in [7, 11) is 0. The van der Waals surface area contributed by atoms with Gasteiger partial charge in [0.25, 0.3) is 0 Å². The summed E-state index contributed by atoms with van der Waals surface area (Å²) in [6, 6.07) is 10.2. The Morgan fingerprint density at radius 1 is 1.10 bits per heavy atom. The standard InChI is InChI=1S/C24H26ClNO5/c1-5-26-14(4)20(23(28)30-6-2)22-16(9-8-10-18(22)26)21(24(29)31-7-3)15-11-12-17(25)19(27)13-15/h8-13,21,27H,5-7H2,1-4H3. The monoisotopic (exact) mass is 443 g/mol. The zero-order valence-electron chi connectivity index (χ0n) is 18.1. The summed E-state index contributed by atoms with van der Waals surface area (Å²) >= 11 is 5.98. The number of nitrogens with zero attached hydrogens (tertiary/aromatic N) is 1. The van der Waals surface area contributed by atoms with Crippen molar-refractivity contribution in [2.75, 3.05) is 13.2 Å². The third-order valence-corrected chi connectivity index (χ3v) is 5.63. The number of carbonyl (C=O) groups is 2. The summed E-state index contributed by atoms with van der Waals surface area (Å²) in [5.41, 5.74) is 3.15. The third kappa shape index (κ3) is 4.12. The van der Waals surface area contributed by atoms with E-state index < -0.39 is 17.9 Å². The average Bonchev–Trinajstić information content (AvgIpc) is 3.03. The highest BCUT2D eigenvalue weighted by Crippen LogP contribution is 2.38. The van der Waals surface area contributed by atoms with Crippen LogP contribution in [0.25, 0.3) is 10.9 Å². The maximum atomic E-state index is 13.1. The smallest absolute Gasteiger partial charge is 0.340 e. The molecule has 0 saturated carbocycles. The molecule has 164 valence electrons. The SMILES string of the molecule is CCOC(=O)c1c(C)n(CC)c2cccc(C(C(=O)OCC)c3ccc(Cl)c(O)c3)c12. The first kappa shape index (κ1) is 22.7. The van der Waals surface area contributed by atoms with Gasteiger partial charge < -0.3 is 19.1 Å². The van der Waals surface area contributed by atoms with Crippen molar-refractivity contribution < 1.29 is 24.2 Å². The van der Waals surface area contributed by atoms with Crippen LogP contribution in [0, 0.1) is 6.92 Å². The number of fused-ring (bicyclic) bond motifs is 1. The van der Waals surface area contributed by atoms with Crippen molar-refractivity contribution in [1.29, 1.82) is 0 Å². The van der Waals surface area contributed by atoms with Gasteiger partial charge in [-0.25, -0.2) is 4.79 Å². The molecule has 0 aliphatic rings. The van der Waals surface area contributed by atoms with E-state index in [-0.39, 0.29) is 24.0 Å². The number of esters is 2. The van der Waals surface area contributed by atoms with Crippen molar-refractivity contribution in [3.8, 4) is 5.75 Å². The van der Waals surface area contributed by atoms with Gasteiger partial charge in [-0.3, -0.25) is 4.79 Å². The Morgan fingerprint density at radius 3 is 2.42 bits per heavy atom. The molecule has 2 aromatic carbocycles. The van der Waals surface area contributed by atoms with E-state index in [9.17, 15) is 14.7 Å². The fraction of sp³-hybridized carbons (Fsp3) is 0.333. The summed E-state index contributed by atoms with van der Waals surface area (Å²) in [4.78, 5) is 26.0. The fourth-order valence-electron chi connectivity index (χ4n) is 4.03. The van der Waals surface area contributed by atoms with Gasteiger partial charge in [0, 0.05) is 23.1 Å². The Kier molecular flexibility index (Phi) is 6.91. The highest BCUT2D eigenvalue weighted by Gasteiger charge is 2.31. The molecule has 1 heterocycles. The first-order chi connectivity index (χ1) is 14.8. The summed E-state index contributed by atoms with van der Waals surface area (Å²) in [6.45, 7) is 8.44. The van der Waals surface area contributed by atoms with Crippen LogP contribution in [0.4, 0.5) is 0 Å². The molecule has 1 unspecified atom stereocenters. The number of aromatic nitrogens is 1. The summed E-state index contributed by atoms with van der Waals surface area (Å²) in [5.74, 6) is -1.90. The molecule has 0 saturated heterocycles. The molecule has 0 fully saturated rings. The second-order valence-electron chi connectivity index (χ2n) is 7.06. The molecule has 0 amide bonds. The first-order valence-corrected chi connectivity index (χ1v) is 10.7. The van der Waals surface area contributed by atoms with E-state index in [0.717, 1.165) is 11.2 Å². The summed E-state index contributed by atoms with van der Waals surface area (Å²) in [6.07, 6.45) is 0. The molecule has 0 radical (unpaired) electrons. The number of aryl methyl sites for hydroxylation is 1. The van der Waals surface area contributed by atoms with E-state index in [2.05, 4.69) is 0 Å². The number of phenols is 1. The van der Waals surface area contributed by atoms with Crippen LogP contribution >= 0.6 is 11.6 Å². The zero-order valence-corrected chi connectivity index (χ0v) is 18.8. The largest absolute Gasteiger partial charge is 0.506 e. The van der Waals surface area contributed by atoms with Gasteiger partial charge in [-0.15, -0.1) is 0 Å². The van der Waals surface area contributed by atoms with Crippen molar-refractivity contribution >= 4 is 34.4 Å². The van der Waals surface area contributed by atoms with Gasteiger partial charge in [-0.1, -0.05) is 29.8 Å². The maximum absolute atomic E-state index is 13.1. The number of phenolic OH excluding ortho intramolecular Hbond substituents is 1. The minimum Gasteiger partial charge on any atom is -0.506 e. The highest BCUT2D eigenvalue weighted by molar-refractivity contribution is 6.32. The molecular formula is C24H26ClNO5. The van der Waals surface area contributed by atoms with Crippen molar-refractivity contribution in [2.24, 2.45) is 0 Å². The third-order valence-electron chi connectivity index (χ3n) is 5.31. The van der Waals surface area contributed by atoms with E-state index >= 15 is 0 Å². The predicted molar refractivity (Wildman–Crippen MR) is 120 cm³/mol.